The highest BCUT2D eigenvalue weighted by Gasteiger charge is 2.18. The number of aromatic nitrogens is 4. The van der Waals surface area contributed by atoms with Crippen molar-refractivity contribution in [1.29, 1.82) is 0 Å². The highest BCUT2D eigenvalue weighted by Crippen LogP contribution is 2.37. The van der Waals surface area contributed by atoms with Gasteiger partial charge in [-0.25, -0.2) is 4.68 Å². The highest BCUT2D eigenvalue weighted by atomic mass is 16.5. The molecule has 7 heteroatoms. The Kier molecular flexibility index (Phi) is 4.50. The van der Waals surface area contributed by atoms with Crippen LogP contribution in [0.2, 0.25) is 0 Å². The van der Waals surface area contributed by atoms with Crippen molar-refractivity contribution in [1.82, 2.24) is 20.2 Å². The number of hydrogen-bond acceptors (Lipinski definition) is 6. The Morgan fingerprint density at radius 1 is 1.25 bits per heavy atom. The van der Waals surface area contributed by atoms with Crippen LogP contribution in [0.5, 0.6) is 11.5 Å². The first-order chi connectivity index (χ1) is 11.7. The van der Waals surface area contributed by atoms with Crippen molar-refractivity contribution in [2.75, 3.05) is 14.2 Å². The summed E-state index contributed by atoms with van der Waals surface area (Å²) >= 11 is 0. The van der Waals surface area contributed by atoms with Gasteiger partial charge in [-0.3, -0.25) is 0 Å². The minimum absolute atomic E-state index is 0.101. The van der Waals surface area contributed by atoms with Crippen LogP contribution in [-0.4, -0.2) is 34.4 Å². The predicted molar refractivity (Wildman–Crippen MR) is 88.3 cm³/mol. The number of aryl methyl sites for hydroxylation is 1. The van der Waals surface area contributed by atoms with Crippen LogP contribution in [0.4, 0.5) is 0 Å². The number of methoxy groups -OCH3 is 2. The van der Waals surface area contributed by atoms with Crippen LogP contribution < -0.4 is 9.47 Å². The summed E-state index contributed by atoms with van der Waals surface area (Å²) in [6.45, 7) is 4.02. The second kappa shape index (κ2) is 6.74. The van der Waals surface area contributed by atoms with Crippen LogP contribution in [0.15, 0.2) is 35.0 Å². The third-order valence-electron chi connectivity index (χ3n) is 3.94. The number of nitrogens with zero attached hydrogens (tertiary/aromatic N) is 4. The highest BCUT2D eigenvalue weighted by molar-refractivity contribution is 5.70. The Bertz CT molecular complexity index is 825. The second-order valence-electron chi connectivity index (χ2n) is 5.38. The molecule has 0 unspecified atom stereocenters. The van der Waals surface area contributed by atoms with E-state index in [-0.39, 0.29) is 6.04 Å². The SMILES string of the molecule is CCc1cc([C@H](C)n2cc(-c3cccc(OC)c3OC)nn2)on1. The number of ether oxygens (including phenoxy) is 2. The van der Waals surface area contributed by atoms with E-state index in [0.29, 0.717) is 17.2 Å². The van der Waals surface area contributed by atoms with Gasteiger partial charge in [0.25, 0.3) is 0 Å². The van der Waals surface area contributed by atoms with Crippen molar-refractivity contribution in [3.63, 3.8) is 0 Å². The average molecular weight is 328 g/mol. The first kappa shape index (κ1) is 16.0. The number of hydrogen-bond donors (Lipinski definition) is 0. The van der Waals surface area contributed by atoms with Crippen LogP contribution in [-0.2, 0) is 6.42 Å². The summed E-state index contributed by atoms with van der Waals surface area (Å²) in [5, 5.41) is 12.5. The summed E-state index contributed by atoms with van der Waals surface area (Å²) in [5.41, 5.74) is 2.45. The number of rotatable bonds is 6. The monoisotopic (exact) mass is 328 g/mol. The molecular formula is C17H20N4O3. The molecule has 0 saturated heterocycles. The van der Waals surface area contributed by atoms with E-state index >= 15 is 0 Å². The fraction of sp³-hybridized carbons (Fsp3) is 0.353. The molecule has 0 saturated carbocycles. The zero-order chi connectivity index (χ0) is 17.1. The Morgan fingerprint density at radius 3 is 2.75 bits per heavy atom. The van der Waals surface area contributed by atoms with Crippen molar-refractivity contribution in [3.05, 3.63) is 41.9 Å². The molecule has 2 aromatic heterocycles. The molecule has 0 fully saturated rings. The van der Waals surface area contributed by atoms with E-state index in [2.05, 4.69) is 15.5 Å². The van der Waals surface area contributed by atoms with Gasteiger partial charge in [0.15, 0.2) is 17.3 Å². The zero-order valence-electron chi connectivity index (χ0n) is 14.2. The maximum absolute atomic E-state index is 5.46. The van der Waals surface area contributed by atoms with Crippen LogP contribution >= 0.6 is 0 Å². The second-order valence-corrected chi connectivity index (χ2v) is 5.38. The summed E-state index contributed by atoms with van der Waals surface area (Å²) in [4.78, 5) is 0. The Balaban J connectivity index is 1.93. The molecule has 0 amide bonds. The normalized spacial score (nSPS) is 12.2. The van der Waals surface area contributed by atoms with Crippen molar-refractivity contribution in [2.24, 2.45) is 0 Å². The molecule has 0 radical (unpaired) electrons. The lowest BCUT2D eigenvalue weighted by atomic mass is 10.1. The van der Waals surface area contributed by atoms with E-state index < -0.39 is 0 Å². The summed E-state index contributed by atoms with van der Waals surface area (Å²) < 4.78 is 17.9. The Morgan fingerprint density at radius 2 is 2.08 bits per heavy atom. The van der Waals surface area contributed by atoms with Gasteiger partial charge < -0.3 is 14.0 Å². The zero-order valence-corrected chi connectivity index (χ0v) is 14.2. The molecule has 0 spiro atoms. The number of benzene rings is 1. The summed E-state index contributed by atoms with van der Waals surface area (Å²) in [6, 6.07) is 7.50. The summed E-state index contributed by atoms with van der Waals surface area (Å²) in [7, 11) is 3.21. The lowest BCUT2D eigenvalue weighted by molar-refractivity contribution is 0.338. The molecular weight excluding hydrogens is 308 g/mol. The molecule has 0 bridgehead atoms. The first-order valence-corrected chi connectivity index (χ1v) is 7.76. The van der Waals surface area contributed by atoms with Gasteiger partial charge in [0.2, 0.25) is 0 Å². The molecule has 7 nitrogen and oxygen atoms in total. The van der Waals surface area contributed by atoms with E-state index in [4.69, 9.17) is 14.0 Å². The fourth-order valence-electron chi connectivity index (χ4n) is 2.50. The van der Waals surface area contributed by atoms with Gasteiger partial charge >= 0.3 is 0 Å². The van der Waals surface area contributed by atoms with Crippen LogP contribution in [0.3, 0.4) is 0 Å². The van der Waals surface area contributed by atoms with Gasteiger partial charge in [0, 0.05) is 11.6 Å². The minimum Gasteiger partial charge on any atom is -0.493 e. The van der Waals surface area contributed by atoms with E-state index in [1.165, 1.54) is 0 Å². The predicted octanol–water partition coefficient (Wildman–Crippen LogP) is 3.12. The molecule has 3 rings (SSSR count). The van der Waals surface area contributed by atoms with Crippen molar-refractivity contribution in [3.8, 4) is 22.8 Å². The van der Waals surface area contributed by atoms with Gasteiger partial charge in [-0.05, 0) is 25.5 Å². The molecule has 0 aliphatic carbocycles. The third-order valence-corrected chi connectivity index (χ3v) is 3.94. The Hall–Kier alpha value is -2.83. The molecule has 3 aromatic rings. The topological polar surface area (TPSA) is 75.2 Å². The molecule has 0 N–H and O–H groups in total. The molecule has 1 atom stereocenters. The molecule has 24 heavy (non-hydrogen) atoms. The maximum Gasteiger partial charge on any atom is 0.170 e. The van der Waals surface area contributed by atoms with Gasteiger partial charge in [0.1, 0.15) is 11.7 Å². The van der Waals surface area contributed by atoms with Crippen molar-refractivity contribution >= 4 is 0 Å². The van der Waals surface area contributed by atoms with Crippen LogP contribution in [0, 0.1) is 0 Å². The quantitative estimate of drug-likeness (QED) is 0.692. The average Bonchev–Trinajstić information content (AvgIpc) is 3.29. The molecule has 0 aliphatic rings. The first-order valence-electron chi connectivity index (χ1n) is 7.76. The molecule has 2 heterocycles. The van der Waals surface area contributed by atoms with Crippen LogP contribution in [0.25, 0.3) is 11.3 Å². The van der Waals surface area contributed by atoms with Gasteiger partial charge in [-0.15, -0.1) is 5.10 Å². The lowest BCUT2D eigenvalue weighted by Gasteiger charge is -2.10. The fourth-order valence-corrected chi connectivity index (χ4v) is 2.50. The van der Waals surface area contributed by atoms with E-state index in [1.54, 1.807) is 18.9 Å². The van der Waals surface area contributed by atoms with Crippen molar-refractivity contribution < 1.29 is 14.0 Å². The van der Waals surface area contributed by atoms with Gasteiger partial charge in [-0.2, -0.15) is 0 Å². The van der Waals surface area contributed by atoms with Crippen LogP contribution in [0.1, 0.15) is 31.3 Å². The Labute approximate surface area is 140 Å². The van der Waals surface area contributed by atoms with E-state index in [9.17, 15) is 0 Å². The van der Waals surface area contributed by atoms with Crippen molar-refractivity contribution in [2.45, 2.75) is 26.3 Å². The van der Waals surface area contributed by atoms with Gasteiger partial charge in [0.05, 0.1) is 26.1 Å². The molecule has 126 valence electrons. The standard InChI is InChI=1S/C17H20N4O3/c1-5-12-9-16(24-19-12)11(2)21-10-14(18-20-21)13-7-6-8-15(22-3)17(13)23-4/h6-11H,5H2,1-4H3/t11-/m0/s1. The maximum atomic E-state index is 5.46. The summed E-state index contributed by atoms with van der Waals surface area (Å²) in [5.74, 6) is 2.04. The largest absolute Gasteiger partial charge is 0.493 e. The van der Waals surface area contributed by atoms with E-state index in [0.717, 1.165) is 23.4 Å². The smallest absolute Gasteiger partial charge is 0.170 e. The van der Waals surface area contributed by atoms with Gasteiger partial charge in [-0.1, -0.05) is 23.4 Å². The summed E-state index contributed by atoms with van der Waals surface area (Å²) in [6.07, 6.45) is 2.69. The third kappa shape index (κ3) is 2.84. The molecule has 1 aromatic carbocycles. The minimum atomic E-state index is -0.101. The lowest BCUT2D eigenvalue weighted by Crippen LogP contribution is -2.06. The van der Waals surface area contributed by atoms with E-state index in [1.807, 2.05) is 44.3 Å². The molecule has 0 aliphatic heterocycles. The number of para-hydroxylation sites is 1.